The van der Waals surface area contributed by atoms with Crippen LogP contribution in [0.1, 0.15) is 0 Å². The second-order valence-electron chi connectivity index (χ2n) is 3.67. The summed E-state index contributed by atoms with van der Waals surface area (Å²) in [6, 6.07) is 7.88. The van der Waals surface area contributed by atoms with Gasteiger partial charge in [0, 0.05) is 23.9 Å². The van der Waals surface area contributed by atoms with Crippen LogP contribution < -0.4 is 10.7 Å². The fourth-order valence-electron chi connectivity index (χ4n) is 1.79. The molecule has 0 radical (unpaired) electrons. The van der Waals surface area contributed by atoms with Gasteiger partial charge in [-0.1, -0.05) is 0 Å². The Bertz CT molecular complexity index is 759. The minimum atomic E-state index is -0.0615. The van der Waals surface area contributed by atoms with Gasteiger partial charge in [-0.15, -0.1) is 4.51 Å². The number of aromatic hydroxyl groups is 2. The van der Waals surface area contributed by atoms with Crippen molar-refractivity contribution in [3.05, 3.63) is 41.0 Å². The lowest BCUT2D eigenvalue weighted by Crippen LogP contribution is -2.21. The molecule has 2 N–H and O–H groups in total. The molecule has 0 saturated carbocycles. The summed E-state index contributed by atoms with van der Waals surface area (Å²) in [4.78, 5) is 8.13. The lowest BCUT2D eigenvalue weighted by Gasteiger charge is -2.05. The summed E-state index contributed by atoms with van der Waals surface area (Å²) in [5.41, 5.74) is 0.573. The number of benzene rings is 1. The summed E-state index contributed by atoms with van der Waals surface area (Å²) in [5, 5.41) is 20.5. The van der Waals surface area contributed by atoms with Crippen LogP contribution in [0.4, 0.5) is 0 Å². The highest BCUT2D eigenvalue weighted by molar-refractivity contribution is 6.19. The van der Waals surface area contributed by atoms with Crippen LogP contribution in [0.2, 0.25) is 0 Å². The van der Waals surface area contributed by atoms with Gasteiger partial charge in [-0.2, -0.15) is 0 Å². The molecule has 0 saturated heterocycles. The maximum atomic E-state index is 9.64. The highest BCUT2D eigenvalue weighted by Crippen LogP contribution is 2.25. The predicted octanol–water partition coefficient (Wildman–Crippen LogP) is 0.651. The first-order chi connectivity index (χ1) is 8.69. The van der Waals surface area contributed by atoms with Crippen molar-refractivity contribution < 1.29 is 10.2 Å². The molecule has 0 unspecified atom stereocenters. The molecule has 6 nitrogen and oxygen atoms in total. The average molecular weight is 263 g/mol. The van der Waals surface area contributed by atoms with E-state index in [0.29, 0.717) is 16.4 Å². The monoisotopic (exact) mass is 262 g/mol. The highest BCUT2D eigenvalue weighted by Gasteiger charge is 2.10. The van der Waals surface area contributed by atoms with Gasteiger partial charge in [0.2, 0.25) is 0 Å². The Morgan fingerprint density at radius 2 is 1.67 bits per heavy atom. The van der Waals surface area contributed by atoms with Gasteiger partial charge in [0.1, 0.15) is 0 Å². The van der Waals surface area contributed by atoms with Crippen molar-refractivity contribution in [1.29, 1.82) is 0 Å². The molecule has 0 amide bonds. The van der Waals surface area contributed by atoms with Crippen molar-refractivity contribution in [3.63, 3.8) is 0 Å². The SMILES string of the molecule is Oc1ccc(O)n1-c1ccc2c(c1)=NC(=NCl)N=2. The zero-order valence-electron chi connectivity index (χ0n) is 8.95. The largest absolute Gasteiger partial charge is 0.494 e. The molecular weight excluding hydrogens is 256 g/mol. The van der Waals surface area contributed by atoms with E-state index in [-0.39, 0.29) is 17.7 Å². The average Bonchev–Trinajstić information content (AvgIpc) is 2.92. The fraction of sp³-hybridized carbons (Fsp3) is 0. The molecule has 0 fully saturated rings. The molecular formula is C11H7ClN4O2. The summed E-state index contributed by atoms with van der Waals surface area (Å²) in [6.07, 6.45) is 0. The number of guanidine groups is 1. The van der Waals surface area contributed by atoms with Gasteiger partial charge in [0.25, 0.3) is 5.96 Å². The Morgan fingerprint density at radius 1 is 1.00 bits per heavy atom. The van der Waals surface area contributed by atoms with Crippen LogP contribution in [0.3, 0.4) is 0 Å². The number of halogens is 1. The van der Waals surface area contributed by atoms with Crippen molar-refractivity contribution in [2.75, 3.05) is 0 Å². The van der Waals surface area contributed by atoms with Gasteiger partial charge in [-0.05, 0) is 18.2 Å². The molecule has 2 heterocycles. The van der Waals surface area contributed by atoms with Crippen LogP contribution in [-0.4, -0.2) is 20.7 Å². The Balaban J connectivity index is 2.23. The van der Waals surface area contributed by atoms with E-state index >= 15 is 0 Å². The van der Waals surface area contributed by atoms with Crippen LogP contribution in [0, 0.1) is 0 Å². The Kier molecular flexibility index (Phi) is 2.31. The molecule has 0 bridgehead atoms. The summed E-state index contributed by atoms with van der Waals surface area (Å²) in [7, 11) is 0. The van der Waals surface area contributed by atoms with Crippen LogP contribution >= 0.6 is 11.8 Å². The molecule has 2 aromatic rings. The van der Waals surface area contributed by atoms with Gasteiger partial charge in [0.15, 0.2) is 11.8 Å². The molecule has 0 atom stereocenters. The fourth-order valence-corrected chi connectivity index (χ4v) is 1.87. The summed E-state index contributed by atoms with van der Waals surface area (Å²) >= 11 is 5.30. The van der Waals surface area contributed by atoms with E-state index in [1.54, 1.807) is 18.2 Å². The van der Waals surface area contributed by atoms with Crippen LogP contribution in [-0.2, 0) is 0 Å². The minimum Gasteiger partial charge on any atom is -0.494 e. The Labute approximate surface area is 106 Å². The van der Waals surface area contributed by atoms with Gasteiger partial charge >= 0.3 is 0 Å². The van der Waals surface area contributed by atoms with E-state index in [0.717, 1.165) is 0 Å². The minimum absolute atomic E-state index is 0.0615. The first-order valence-corrected chi connectivity index (χ1v) is 5.39. The number of rotatable bonds is 1. The van der Waals surface area contributed by atoms with E-state index in [9.17, 15) is 10.2 Å². The number of hydrogen-bond donors (Lipinski definition) is 2. The van der Waals surface area contributed by atoms with E-state index in [1.165, 1.54) is 16.7 Å². The van der Waals surface area contributed by atoms with Crippen LogP contribution in [0.25, 0.3) is 5.69 Å². The quantitative estimate of drug-likeness (QED) is 0.791. The van der Waals surface area contributed by atoms with Crippen molar-refractivity contribution in [3.8, 4) is 17.4 Å². The molecule has 0 aliphatic carbocycles. The first-order valence-electron chi connectivity index (χ1n) is 5.05. The lowest BCUT2D eigenvalue weighted by atomic mass is 10.3. The maximum absolute atomic E-state index is 9.64. The molecule has 3 rings (SSSR count). The zero-order chi connectivity index (χ0) is 12.7. The molecule has 90 valence electrons. The molecule has 1 aliphatic heterocycles. The van der Waals surface area contributed by atoms with E-state index in [2.05, 4.69) is 14.5 Å². The third-order valence-electron chi connectivity index (χ3n) is 2.57. The van der Waals surface area contributed by atoms with Crippen molar-refractivity contribution in [2.24, 2.45) is 14.5 Å². The van der Waals surface area contributed by atoms with Crippen molar-refractivity contribution in [2.45, 2.75) is 0 Å². The second-order valence-corrected chi connectivity index (χ2v) is 3.84. The van der Waals surface area contributed by atoms with Gasteiger partial charge in [0.05, 0.1) is 16.4 Å². The smallest absolute Gasteiger partial charge is 0.262 e. The van der Waals surface area contributed by atoms with E-state index in [1.807, 2.05) is 0 Å². The second kappa shape index (κ2) is 3.85. The lowest BCUT2D eigenvalue weighted by molar-refractivity contribution is 0.402. The number of fused-ring (bicyclic) bond motifs is 1. The third-order valence-corrected chi connectivity index (χ3v) is 2.72. The van der Waals surface area contributed by atoms with Crippen LogP contribution in [0.15, 0.2) is 44.8 Å². The molecule has 1 aromatic carbocycles. The molecule has 1 aromatic heterocycles. The molecule has 7 heteroatoms. The van der Waals surface area contributed by atoms with Gasteiger partial charge in [-0.3, -0.25) is 4.57 Å². The van der Waals surface area contributed by atoms with Crippen molar-refractivity contribution >= 4 is 17.7 Å². The topological polar surface area (TPSA) is 82.5 Å². The maximum Gasteiger partial charge on any atom is 0.262 e. The van der Waals surface area contributed by atoms with Crippen molar-refractivity contribution in [1.82, 2.24) is 4.57 Å². The van der Waals surface area contributed by atoms with E-state index in [4.69, 9.17) is 11.8 Å². The Morgan fingerprint density at radius 3 is 2.33 bits per heavy atom. The third kappa shape index (κ3) is 1.54. The highest BCUT2D eigenvalue weighted by atomic mass is 35.5. The Hall–Kier alpha value is -2.34. The number of hydrogen-bond acceptors (Lipinski definition) is 3. The molecule has 1 aliphatic rings. The molecule has 18 heavy (non-hydrogen) atoms. The summed E-state index contributed by atoms with van der Waals surface area (Å²) in [5.74, 6) is 0.0620. The standard InChI is InChI=1S/C11H7ClN4O2/c12-15-11-13-7-2-1-6(5-8(7)14-11)16-9(17)3-4-10(16)18/h1-5,17-18H. The number of nitrogens with zero attached hydrogens (tertiary/aromatic N) is 4. The zero-order valence-corrected chi connectivity index (χ0v) is 9.70. The first kappa shape index (κ1) is 10.8. The van der Waals surface area contributed by atoms with Gasteiger partial charge < -0.3 is 10.2 Å². The summed E-state index contributed by atoms with van der Waals surface area (Å²) < 4.78 is 4.66. The van der Waals surface area contributed by atoms with Gasteiger partial charge in [-0.25, -0.2) is 9.98 Å². The predicted molar refractivity (Wildman–Crippen MR) is 64.7 cm³/mol. The summed E-state index contributed by atoms with van der Waals surface area (Å²) in [6.45, 7) is 0. The van der Waals surface area contributed by atoms with E-state index < -0.39 is 0 Å². The normalized spacial score (nSPS) is 15.3. The number of aromatic nitrogens is 1. The molecule has 0 spiro atoms. The van der Waals surface area contributed by atoms with Crippen LogP contribution in [0.5, 0.6) is 11.8 Å².